The predicted molar refractivity (Wildman–Crippen MR) is 115 cm³/mol. The Hall–Kier alpha value is -2.60. The second kappa shape index (κ2) is 11.0. The van der Waals surface area contributed by atoms with Crippen molar-refractivity contribution in [2.45, 2.75) is 49.0 Å². The lowest BCUT2D eigenvalue weighted by Gasteiger charge is -2.35. The number of methoxy groups -OCH3 is 1. The number of hydrogen-bond acceptors (Lipinski definition) is 6. The Balaban J connectivity index is 1.56. The number of benzene rings is 2. The molecule has 0 aromatic heterocycles. The fourth-order valence-corrected chi connectivity index (χ4v) is 5.18. The minimum Gasteiger partial charge on any atom is -0.495 e. The first-order valence-electron chi connectivity index (χ1n) is 10.3. The molecule has 0 saturated carbocycles. The highest BCUT2D eigenvalue weighted by molar-refractivity contribution is 7.89. The van der Waals surface area contributed by atoms with Crippen molar-refractivity contribution in [3.05, 3.63) is 59.7 Å². The zero-order chi connectivity index (χ0) is 24.0. The number of para-hydroxylation sites is 1. The van der Waals surface area contributed by atoms with Crippen LogP contribution in [0.3, 0.4) is 0 Å². The van der Waals surface area contributed by atoms with Gasteiger partial charge >= 0.3 is 0 Å². The van der Waals surface area contributed by atoms with Crippen LogP contribution >= 0.6 is 0 Å². The molecule has 0 radical (unpaired) electrons. The van der Waals surface area contributed by atoms with Crippen LogP contribution in [-0.4, -0.2) is 51.4 Å². The summed E-state index contributed by atoms with van der Waals surface area (Å²) in [5.74, 6) is -1.67. The number of halogens is 2. The zero-order valence-corrected chi connectivity index (χ0v) is 18.8. The molecule has 1 fully saturated rings. The van der Waals surface area contributed by atoms with Gasteiger partial charge in [-0.2, -0.15) is 0 Å². The molecule has 8 nitrogen and oxygen atoms in total. The number of ether oxygens (including phenoxy) is 2. The van der Waals surface area contributed by atoms with E-state index < -0.39 is 52.4 Å². The summed E-state index contributed by atoms with van der Waals surface area (Å²) in [4.78, 5) is 12.2. The maximum absolute atomic E-state index is 13.3. The summed E-state index contributed by atoms with van der Waals surface area (Å²) in [7, 11) is -2.57. The van der Waals surface area contributed by atoms with Crippen molar-refractivity contribution in [1.82, 2.24) is 10.0 Å². The summed E-state index contributed by atoms with van der Waals surface area (Å²) in [5.41, 5.74) is 0.282. The molecule has 0 spiro atoms. The molecule has 180 valence electrons. The van der Waals surface area contributed by atoms with Gasteiger partial charge in [0.25, 0.3) is 0 Å². The molecule has 3 N–H and O–H groups in total. The second-order valence-electron chi connectivity index (χ2n) is 7.69. The van der Waals surface area contributed by atoms with Gasteiger partial charge in [0.05, 0.1) is 38.4 Å². The van der Waals surface area contributed by atoms with Gasteiger partial charge in [-0.05, 0) is 42.7 Å². The van der Waals surface area contributed by atoms with Crippen LogP contribution in [0.25, 0.3) is 0 Å². The first-order valence-corrected chi connectivity index (χ1v) is 11.8. The van der Waals surface area contributed by atoms with E-state index in [4.69, 9.17) is 9.47 Å². The number of sulfonamides is 1. The molecule has 1 saturated heterocycles. The van der Waals surface area contributed by atoms with E-state index in [2.05, 4.69) is 10.0 Å². The highest BCUT2D eigenvalue weighted by Crippen LogP contribution is 2.27. The number of carbonyl (C=O) groups is 1. The number of aliphatic hydroxyl groups is 1. The molecule has 3 rings (SSSR count). The van der Waals surface area contributed by atoms with Gasteiger partial charge in [-0.3, -0.25) is 4.79 Å². The first-order chi connectivity index (χ1) is 15.7. The van der Waals surface area contributed by atoms with Crippen LogP contribution in [0.4, 0.5) is 8.78 Å². The third kappa shape index (κ3) is 6.70. The minimum atomic E-state index is -3.94. The Morgan fingerprint density at radius 2 is 1.88 bits per heavy atom. The fraction of sp³-hybridized carbons (Fsp3) is 0.409. The topological polar surface area (TPSA) is 114 Å². The average molecular weight is 485 g/mol. The first kappa shape index (κ1) is 25.0. The molecule has 1 aliphatic rings. The summed E-state index contributed by atoms with van der Waals surface area (Å²) in [5, 5.41) is 12.3. The van der Waals surface area contributed by atoms with Crippen LogP contribution in [0.2, 0.25) is 0 Å². The molecule has 11 heteroatoms. The minimum absolute atomic E-state index is 0.0283. The molecule has 3 atom stereocenters. The number of carbonyl (C=O) groups excluding carboxylic acids is 1. The predicted octanol–water partition coefficient (Wildman–Crippen LogP) is 1.87. The van der Waals surface area contributed by atoms with Gasteiger partial charge < -0.3 is 19.9 Å². The normalized spacial score (nSPS) is 20.9. The third-order valence-electron chi connectivity index (χ3n) is 5.29. The summed E-state index contributed by atoms with van der Waals surface area (Å²) in [6.07, 6.45) is -0.721. The number of amides is 1. The van der Waals surface area contributed by atoms with E-state index in [1.54, 1.807) is 12.1 Å². The molecule has 2 aromatic carbocycles. The smallest absolute Gasteiger partial charge is 0.244 e. The van der Waals surface area contributed by atoms with Crippen molar-refractivity contribution in [2.75, 3.05) is 13.7 Å². The summed E-state index contributed by atoms with van der Waals surface area (Å²) in [6, 6.07) is 8.47. The summed E-state index contributed by atoms with van der Waals surface area (Å²) < 4.78 is 65.6. The lowest BCUT2D eigenvalue weighted by Crippen LogP contribution is -2.51. The fourth-order valence-electron chi connectivity index (χ4n) is 3.71. The monoisotopic (exact) mass is 484 g/mol. The lowest BCUT2D eigenvalue weighted by molar-refractivity contribution is -0.130. The highest BCUT2D eigenvalue weighted by atomic mass is 32.2. The Bertz CT molecular complexity index is 1060. The number of rotatable bonds is 9. The van der Waals surface area contributed by atoms with Crippen LogP contribution in [0.15, 0.2) is 47.4 Å². The lowest BCUT2D eigenvalue weighted by atomic mass is 9.98. The molecule has 1 heterocycles. The molecule has 0 bridgehead atoms. The molecule has 1 aliphatic heterocycles. The Kier molecular flexibility index (Phi) is 8.35. The van der Waals surface area contributed by atoms with Crippen molar-refractivity contribution in [2.24, 2.45) is 0 Å². The van der Waals surface area contributed by atoms with Gasteiger partial charge in [-0.1, -0.05) is 12.1 Å². The number of nitrogens with one attached hydrogen (secondary N) is 2. The van der Waals surface area contributed by atoms with Gasteiger partial charge in [0.1, 0.15) is 22.3 Å². The molecular weight excluding hydrogens is 458 g/mol. The molecule has 1 amide bonds. The summed E-state index contributed by atoms with van der Waals surface area (Å²) in [6.45, 7) is -0.495. The van der Waals surface area contributed by atoms with E-state index in [9.17, 15) is 27.1 Å². The van der Waals surface area contributed by atoms with E-state index in [1.165, 1.54) is 19.2 Å². The Labute approximate surface area is 191 Å². The van der Waals surface area contributed by atoms with Gasteiger partial charge in [0.2, 0.25) is 15.9 Å². The van der Waals surface area contributed by atoms with E-state index >= 15 is 0 Å². The van der Waals surface area contributed by atoms with Crippen LogP contribution in [0, 0.1) is 11.6 Å². The summed E-state index contributed by atoms with van der Waals surface area (Å²) >= 11 is 0. The Morgan fingerprint density at radius 3 is 2.55 bits per heavy atom. The van der Waals surface area contributed by atoms with Crippen molar-refractivity contribution >= 4 is 15.9 Å². The van der Waals surface area contributed by atoms with Crippen LogP contribution in [0.1, 0.15) is 24.8 Å². The maximum Gasteiger partial charge on any atom is 0.244 e. The standard InChI is InChI=1S/C22H26F2N2O6S/c1-31-19-4-2-3-5-21(19)33(29,30)26-18-7-6-17(32-20(18)13-27)11-22(28)25-12-14-8-15(23)10-16(24)9-14/h2-5,8-10,17-18,20,26-27H,6-7,11-13H2,1H3,(H,25,28)/t17-,18-,20+/m1/s1. The van der Waals surface area contributed by atoms with Crippen LogP contribution in [0.5, 0.6) is 5.75 Å². The van der Waals surface area contributed by atoms with Gasteiger partial charge in [0.15, 0.2) is 0 Å². The zero-order valence-electron chi connectivity index (χ0n) is 18.0. The van der Waals surface area contributed by atoms with Gasteiger partial charge in [-0.25, -0.2) is 21.9 Å². The molecule has 2 aromatic rings. The van der Waals surface area contributed by atoms with Crippen molar-refractivity contribution < 1.29 is 36.6 Å². The van der Waals surface area contributed by atoms with Crippen LogP contribution < -0.4 is 14.8 Å². The molecule has 0 unspecified atom stereocenters. The van der Waals surface area contributed by atoms with Crippen molar-refractivity contribution in [1.29, 1.82) is 0 Å². The third-order valence-corrected chi connectivity index (χ3v) is 6.82. The van der Waals surface area contributed by atoms with E-state index in [-0.39, 0.29) is 29.2 Å². The maximum atomic E-state index is 13.3. The second-order valence-corrected chi connectivity index (χ2v) is 9.38. The van der Waals surface area contributed by atoms with Gasteiger partial charge in [0, 0.05) is 12.6 Å². The van der Waals surface area contributed by atoms with Crippen molar-refractivity contribution in [3.8, 4) is 5.75 Å². The Morgan fingerprint density at radius 1 is 1.18 bits per heavy atom. The average Bonchev–Trinajstić information content (AvgIpc) is 2.78. The quantitative estimate of drug-likeness (QED) is 0.501. The van der Waals surface area contributed by atoms with E-state index in [0.29, 0.717) is 12.8 Å². The SMILES string of the molecule is COc1ccccc1S(=O)(=O)N[C@@H]1CC[C@H](CC(=O)NCc2cc(F)cc(F)c2)O[C@H]1CO. The van der Waals surface area contributed by atoms with E-state index in [1.807, 2.05) is 0 Å². The highest BCUT2D eigenvalue weighted by Gasteiger charge is 2.35. The van der Waals surface area contributed by atoms with Gasteiger partial charge in [-0.15, -0.1) is 0 Å². The van der Waals surface area contributed by atoms with E-state index in [0.717, 1.165) is 18.2 Å². The number of aliphatic hydroxyl groups excluding tert-OH is 1. The van der Waals surface area contributed by atoms with Crippen LogP contribution in [-0.2, 0) is 26.1 Å². The molecule has 33 heavy (non-hydrogen) atoms. The molecule has 0 aliphatic carbocycles. The number of hydrogen-bond donors (Lipinski definition) is 3. The molecular formula is C22H26F2N2O6S. The van der Waals surface area contributed by atoms with Crippen molar-refractivity contribution in [3.63, 3.8) is 0 Å². The largest absolute Gasteiger partial charge is 0.495 e.